The summed E-state index contributed by atoms with van der Waals surface area (Å²) in [5.74, 6) is 2.76. The minimum Gasteiger partial charge on any atom is -0.486 e. The van der Waals surface area contributed by atoms with Crippen LogP contribution in [0.5, 0.6) is 23.0 Å². The summed E-state index contributed by atoms with van der Waals surface area (Å²) in [4.78, 5) is 12.8. The van der Waals surface area contributed by atoms with Gasteiger partial charge in [-0.1, -0.05) is 19.9 Å². The number of nitrogens with one attached hydrogen (secondary N) is 1. The van der Waals surface area contributed by atoms with Crippen LogP contribution < -0.4 is 24.3 Å². The van der Waals surface area contributed by atoms with Gasteiger partial charge in [0.1, 0.15) is 13.2 Å². The molecule has 0 saturated carbocycles. The van der Waals surface area contributed by atoms with Gasteiger partial charge >= 0.3 is 0 Å². The molecule has 0 bridgehead atoms. The van der Waals surface area contributed by atoms with Gasteiger partial charge in [0.05, 0.1) is 6.04 Å². The van der Waals surface area contributed by atoms with Crippen LogP contribution in [0.4, 0.5) is 0 Å². The van der Waals surface area contributed by atoms with Gasteiger partial charge in [0.15, 0.2) is 23.0 Å². The molecule has 1 unspecified atom stereocenters. The Labute approximate surface area is 152 Å². The number of benzene rings is 2. The molecule has 0 aliphatic carbocycles. The van der Waals surface area contributed by atoms with Gasteiger partial charge < -0.3 is 24.3 Å². The van der Waals surface area contributed by atoms with Gasteiger partial charge in [-0.15, -0.1) is 0 Å². The smallest absolute Gasteiger partial charge is 0.251 e. The van der Waals surface area contributed by atoms with Gasteiger partial charge in [-0.25, -0.2) is 0 Å². The van der Waals surface area contributed by atoms with Crippen molar-refractivity contribution in [2.45, 2.75) is 19.9 Å². The fraction of sp³-hybridized carbons (Fsp3) is 0.350. The molecule has 2 aromatic rings. The van der Waals surface area contributed by atoms with Crippen molar-refractivity contribution in [3.8, 4) is 23.0 Å². The second-order valence-corrected chi connectivity index (χ2v) is 6.67. The Morgan fingerprint density at radius 1 is 0.885 bits per heavy atom. The molecule has 2 heterocycles. The Kier molecular flexibility index (Phi) is 4.32. The molecular weight excluding hydrogens is 334 g/mol. The summed E-state index contributed by atoms with van der Waals surface area (Å²) >= 11 is 0. The van der Waals surface area contributed by atoms with E-state index in [0.717, 1.165) is 17.1 Å². The number of hydrogen-bond acceptors (Lipinski definition) is 5. The SMILES string of the molecule is CC(C)C(NC(=O)c1ccc2c(c1)OCO2)c1ccc2c(c1)OCCO2. The number of carbonyl (C=O) groups excluding carboxylic acids is 1. The fourth-order valence-corrected chi connectivity index (χ4v) is 3.15. The van der Waals surface area contributed by atoms with Crippen molar-refractivity contribution in [1.29, 1.82) is 0 Å². The third-order valence-corrected chi connectivity index (χ3v) is 4.51. The Hall–Kier alpha value is -2.89. The van der Waals surface area contributed by atoms with Crippen molar-refractivity contribution < 1.29 is 23.7 Å². The van der Waals surface area contributed by atoms with Crippen molar-refractivity contribution in [2.24, 2.45) is 5.92 Å². The van der Waals surface area contributed by atoms with E-state index in [0.29, 0.717) is 30.3 Å². The summed E-state index contributed by atoms with van der Waals surface area (Å²) < 4.78 is 21.9. The third-order valence-electron chi connectivity index (χ3n) is 4.51. The van der Waals surface area contributed by atoms with Gasteiger partial charge in [0.2, 0.25) is 6.79 Å². The Morgan fingerprint density at radius 3 is 2.35 bits per heavy atom. The number of rotatable bonds is 4. The predicted molar refractivity (Wildman–Crippen MR) is 95.0 cm³/mol. The van der Waals surface area contributed by atoms with E-state index >= 15 is 0 Å². The number of ether oxygens (including phenoxy) is 4. The first-order chi connectivity index (χ1) is 12.6. The maximum absolute atomic E-state index is 12.8. The first-order valence-corrected chi connectivity index (χ1v) is 8.72. The summed E-state index contributed by atoms with van der Waals surface area (Å²) in [6.45, 7) is 5.42. The lowest BCUT2D eigenvalue weighted by molar-refractivity contribution is 0.0925. The van der Waals surface area contributed by atoms with E-state index in [1.54, 1.807) is 18.2 Å². The number of amides is 1. The van der Waals surface area contributed by atoms with E-state index < -0.39 is 0 Å². The van der Waals surface area contributed by atoms with Crippen LogP contribution in [0.15, 0.2) is 36.4 Å². The first-order valence-electron chi connectivity index (χ1n) is 8.72. The number of fused-ring (bicyclic) bond motifs is 2. The van der Waals surface area contributed by atoms with Crippen molar-refractivity contribution in [3.63, 3.8) is 0 Å². The average Bonchev–Trinajstić information content (AvgIpc) is 3.13. The van der Waals surface area contributed by atoms with Gasteiger partial charge in [-0.05, 0) is 41.8 Å². The number of hydrogen-bond donors (Lipinski definition) is 1. The summed E-state index contributed by atoms with van der Waals surface area (Å²) in [5, 5.41) is 3.12. The largest absolute Gasteiger partial charge is 0.486 e. The van der Waals surface area contributed by atoms with Crippen molar-refractivity contribution >= 4 is 5.91 Å². The molecule has 0 spiro atoms. The summed E-state index contributed by atoms with van der Waals surface area (Å²) in [6.07, 6.45) is 0. The summed E-state index contributed by atoms with van der Waals surface area (Å²) in [5.41, 5.74) is 1.52. The average molecular weight is 355 g/mol. The molecule has 26 heavy (non-hydrogen) atoms. The molecule has 6 nitrogen and oxygen atoms in total. The fourth-order valence-electron chi connectivity index (χ4n) is 3.15. The molecule has 4 rings (SSSR count). The van der Waals surface area contributed by atoms with E-state index in [2.05, 4.69) is 19.2 Å². The van der Waals surface area contributed by atoms with Crippen LogP contribution >= 0.6 is 0 Å². The minimum atomic E-state index is -0.156. The molecule has 2 aliphatic rings. The van der Waals surface area contributed by atoms with E-state index in [4.69, 9.17) is 18.9 Å². The third kappa shape index (κ3) is 3.14. The van der Waals surface area contributed by atoms with Crippen LogP contribution in [0, 0.1) is 5.92 Å². The van der Waals surface area contributed by atoms with Crippen molar-refractivity contribution in [1.82, 2.24) is 5.32 Å². The molecule has 0 aromatic heterocycles. The standard InChI is InChI=1S/C20H21NO5/c1-12(2)19(13-3-5-15-17(9-13)24-8-7-23-15)21-20(22)14-4-6-16-18(10-14)26-11-25-16/h3-6,9-10,12,19H,7-8,11H2,1-2H3,(H,21,22). The quantitative estimate of drug-likeness (QED) is 0.911. The highest BCUT2D eigenvalue weighted by molar-refractivity contribution is 5.95. The van der Waals surface area contributed by atoms with Crippen LogP contribution in [0.3, 0.4) is 0 Å². The molecule has 2 aromatic carbocycles. The van der Waals surface area contributed by atoms with Crippen LogP contribution in [-0.4, -0.2) is 25.9 Å². The normalized spacial score (nSPS) is 15.7. The highest BCUT2D eigenvalue weighted by Gasteiger charge is 2.23. The zero-order valence-electron chi connectivity index (χ0n) is 14.8. The van der Waals surface area contributed by atoms with Crippen LogP contribution in [0.1, 0.15) is 35.8 Å². The molecule has 2 aliphatic heterocycles. The zero-order valence-corrected chi connectivity index (χ0v) is 14.8. The van der Waals surface area contributed by atoms with E-state index in [-0.39, 0.29) is 24.7 Å². The monoisotopic (exact) mass is 355 g/mol. The molecule has 0 radical (unpaired) electrons. The molecule has 1 N–H and O–H groups in total. The van der Waals surface area contributed by atoms with Gasteiger partial charge in [-0.2, -0.15) is 0 Å². The first kappa shape index (κ1) is 16.6. The molecular formula is C20H21NO5. The molecule has 136 valence electrons. The minimum absolute atomic E-state index is 0.149. The Balaban J connectivity index is 1.56. The summed E-state index contributed by atoms with van der Waals surface area (Å²) in [6, 6.07) is 10.9. The molecule has 6 heteroatoms. The molecule has 1 atom stereocenters. The van der Waals surface area contributed by atoms with E-state index in [9.17, 15) is 4.79 Å². The van der Waals surface area contributed by atoms with Crippen molar-refractivity contribution in [2.75, 3.05) is 20.0 Å². The Morgan fingerprint density at radius 2 is 1.54 bits per heavy atom. The Bertz CT molecular complexity index is 833. The molecule has 0 fully saturated rings. The lowest BCUT2D eigenvalue weighted by Gasteiger charge is -2.25. The zero-order chi connectivity index (χ0) is 18.1. The maximum Gasteiger partial charge on any atom is 0.251 e. The number of carbonyl (C=O) groups is 1. The van der Waals surface area contributed by atoms with Crippen LogP contribution in [0.25, 0.3) is 0 Å². The topological polar surface area (TPSA) is 66.0 Å². The van der Waals surface area contributed by atoms with Gasteiger partial charge in [-0.3, -0.25) is 4.79 Å². The molecule has 1 amide bonds. The lowest BCUT2D eigenvalue weighted by atomic mass is 9.95. The van der Waals surface area contributed by atoms with Crippen molar-refractivity contribution in [3.05, 3.63) is 47.5 Å². The van der Waals surface area contributed by atoms with Crippen LogP contribution in [0.2, 0.25) is 0 Å². The highest BCUT2D eigenvalue weighted by Crippen LogP contribution is 2.35. The maximum atomic E-state index is 12.8. The summed E-state index contributed by atoms with van der Waals surface area (Å²) in [7, 11) is 0. The molecule has 0 saturated heterocycles. The second-order valence-electron chi connectivity index (χ2n) is 6.67. The predicted octanol–water partition coefficient (Wildman–Crippen LogP) is 3.31. The lowest BCUT2D eigenvalue weighted by Crippen LogP contribution is -2.31. The second kappa shape index (κ2) is 6.78. The van der Waals surface area contributed by atoms with Crippen LogP contribution in [-0.2, 0) is 0 Å². The van der Waals surface area contributed by atoms with E-state index in [1.165, 1.54) is 0 Å². The van der Waals surface area contributed by atoms with Gasteiger partial charge in [0, 0.05) is 5.56 Å². The van der Waals surface area contributed by atoms with Gasteiger partial charge in [0.25, 0.3) is 5.91 Å². The van der Waals surface area contributed by atoms with E-state index in [1.807, 2.05) is 18.2 Å². The highest BCUT2D eigenvalue weighted by atomic mass is 16.7.